The number of hydrogen-bond donors (Lipinski definition) is 1. The molecule has 2 aromatic carbocycles. The fraction of sp³-hybridized carbons (Fsp3) is 0.100. The van der Waals surface area contributed by atoms with Crippen molar-refractivity contribution < 1.29 is 4.79 Å². The molecule has 0 aliphatic rings. The van der Waals surface area contributed by atoms with Crippen LogP contribution in [0.4, 0.5) is 0 Å². The highest BCUT2D eigenvalue weighted by molar-refractivity contribution is 5.92. The second-order valence-corrected chi connectivity index (χ2v) is 5.74. The SMILES string of the molecule is Cc1cc(=O)c(C(=O)NCc2ccc(C#N)cc2)nn1-c1ccccc1. The van der Waals surface area contributed by atoms with Crippen molar-refractivity contribution in [3.8, 4) is 11.8 Å². The van der Waals surface area contributed by atoms with E-state index in [0.29, 0.717) is 11.3 Å². The Morgan fingerprint density at radius 1 is 1.15 bits per heavy atom. The number of rotatable bonds is 4. The van der Waals surface area contributed by atoms with E-state index in [9.17, 15) is 9.59 Å². The Morgan fingerprint density at radius 2 is 1.85 bits per heavy atom. The molecular weight excluding hydrogens is 328 g/mol. The highest BCUT2D eigenvalue weighted by Gasteiger charge is 2.15. The number of hydrogen-bond acceptors (Lipinski definition) is 4. The zero-order chi connectivity index (χ0) is 18.5. The van der Waals surface area contributed by atoms with Gasteiger partial charge in [0.05, 0.1) is 17.3 Å². The van der Waals surface area contributed by atoms with Crippen LogP contribution in [0.15, 0.2) is 65.5 Å². The molecule has 1 N–H and O–H groups in total. The summed E-state index contributed by atoms with van der Waals surface area (Å²) in [7, 11) is 0. The molecule has 0 atom stereocenters. The molecule has 0 aliphatic carbocycles. The van der Waals surface area contributed by atoms with Crippen LogP contribution in [0.1, 0.15) is 27.3 Å². The third kappa shape index (κ3) is 3.68. The lowest BCUT2D eigenvalue weighted by molar-refractivity contribution is 0.0943. The number of nitriles is 1. The summed E-state index contributed by atoms with van der Waals surface area (Å²) < 4.78 is 1.57. The van der Waals surface area contributed by atoms with Crippen molar-refractivity contribution in [2.75, 3.05) is 0 Å². The van der Waals surface area contributed by atoms with Gasteiger partial charge in [-0.3, -0.25) is 9.59 Å². The zero-order valence-electron chi connectivity index (χ0n) is 14.1. The van der Waals surface area contributed by atoms with Gasteiger partial charge in [-0.05, 0) is 36.8 Å². The van der Waals surface area contributed by atoms with Gasteiger partial charge in [-0.1, -0.05) is 30.3 Å². The van der Waals surface area contributed by atoms with Crippen LogP contribution in [0, 0.1) is 18.3 Å². The molecule has 128 valence electrons. The van der Waals surface area contributed by atoms with Crippen molar-refractivity contribution in [2.24, 2.45) is 0 Å². The molecule has 0 unspecified atom stereocenters. The Balaban J connectivity index is 1.82. The molecule has 0 fully saturated rings. The maximum absolute atomic E-state index is 12.4. The van der Waals surface area contributed by atoms with Crippen molar-refractivity contribution >= 4 is 5.91 Å². The minimum atomic E-state index is -0.538. The smallest absolute Gasteiger partial charge is 0.276 e. The summed E-state index contributed by atoms with van der Waals surface area (Å²) in [6.45, 7) is 2.00. The average molecular weight is 344 g/mol. The predicted octanol–water partition coefficient (Wildman–Crippen LogP) is 2.34. The minimum Gasteiger partial charge on any atom is -0.346 e. The van der Waals surface area contributed by atoms with Gasteiger partial charge in [0.1, 0.15) is 0 Å². The molecule has 0 spiro atoms. The van der Waals surface area contributed by atoms with Gasteiger partial charge in [-0.25, -0.2) is 4.68 Å². The third-order valence-corrected chi connectivity index (χ3v) is 3.86. The van der Waals surface area contributed by atoms with Crippen LogP contribution in [0.25, 0.3) is 5.69 Å². The molecule has 0 radical (unpaired) electrons. The Morgan fingerprint density at radius 3 is 2.50 bits per heavy atom. The van der Waals surface area contributed by atoms with Crippen molar-refractivity contribution in [1.82, 2.24) is 15.1 Å². The number of carbonyl (C=O) groups is 1. The third-order valence-electron chi connectivity index (χ3n) is 3.86. The first-order chi connectivity index (χ1) is 12.6. The van der Waals surface area contributed by atoms with E-state index in [-0.39, 0.29) is 12.2 Å². The minimum absolute atomic E-state index is 0.159. The van der Waals surface area contributed by atoms with E-state index in [4.69, 9.17) is 5.26 Å². The number of aromatic nitrogens is 2. The van der Waals surface area contributed by atoms with Gasteiger partial charge in [0.25, 0.3) is 5.91 Å². The van der Waals surface area contributed by atoms with E-state index < -0.39 is 11.3 Å². The Bertz CT molecular complexity index is 1030. The number of benzene rings is 2. The first-order valence-electron chi connectivity index (χ1n) is 8.02. The number of nitrogens with one attached hydrogen (secondary N) is 1. The van der Waals surface area contributed by atoms with Crippen LogP contribution < -0.4 is 10.7 Å². The summed E-state index contributed by atoms with van der Waals surface area (Å²) in [6, 6.07) is 19.6. The van der Waals surface area contributed by atoms with E-state index in [1.54, 1.807) is 35.9 Å². The van der Waals surface area contributed by atoms with Crippen molar-refractivity contribution in [1.29, 1.82) is 5.26 Å². The summed E-state index contributed by atoms with van der Waals surface area (Å²) in [5.41, 5.74) is 2.20. The Labute approximate surface area is 150 Å². The predicted molar refractivity (Wildman–Crippen MR) is 96.9 cm³/mol. The molecule has 0 saturated heterocycles. The highest BCUT2D eigenvalue weighted by Crippen LogP contribution is 2.08. The summed E-state index contributed by atoms with van der Waals surface area (Å²) in [5.74, 6) is -0.538. The van der Waals surface area contributed by atoms with Crippen LogP contribution in [0.3, 0.4) is 0 Å². The lowest BCUT2D eigenvalue weighted by Crippen LogP contribution is -2.31. The van der Waals surface area contributed by atoms with Gasteiger partial charge in [-0.2, -0.15) is 10.4 Å². The maximum Gasteiger partial charge on any atom is 0.276 e. The first kappa shape index (κ1) is 17.1. The highest BCUT2D eigenvalue weighted by atomic mass is 16.2. The Hall–Kier alpha value is -3.72. The molecule has 0 aliphatic heterocycles. The maximum atomic E-state index is 12.4. The van der Waals surface area contributed by atoms with Crippen LogP contribution in [0.5, 0.6) is 0 Å². The Kier molecular flexibility index (Phi) is 4.90. The quantitative estimate of drug-likeness (QED) is 0.787. The number of nitrogens with zero attached hydrogens (tertiary/aromatic N) is 3. The number of aryl methyl sites for hydroxylation is 1. The number of para-hydroxylation sites is 1. The zero-order valence-corrected chi connectivity index (χ0v) is 14.1. The van der Waals surface area contributed by atoms with Gasteiger partial charge < -0.3 is 5.32 Å². The van der Waals surface area contributed by atoms with E-state index in [1.165, 1.54) is 6.07 Å². The molecule has 0 saturated carbocycles. The monoisotopic (exact) mass is 344 g/mol. The summed E-state index contributed by atoms with van der Waals surface area (Å²) >= 11 is 0. The van der Waals surface area contributed by atoms with Gasteiger partial charge in [0.15, 0.2) is 5.69 Å². The largest absolute Gasteiger partial charge is 0.346 e. The molecule has 26 heavy (non-hydrogen) atoms. The van der Waals surface area contributed by atoms with E-state index in [2.05, 4.69) is 10.4 Å². The molecule has 0 bridgehead atoms. The van der Waals surface area contributed by atoms with Gasteiger partial charge >= 0.3 is 0 Å². The lowest BCUT2D eigenvalue weighted by atomic mass is 10.1. The molecular formula is C20H16N4O2. The first-order valence-corrected chi connectivity index (χ1v) is 8.02. The molecule has 1 heterocycles. The van der Waals surface area contributed by atoms with Gasteiger partial charge in [-0.15, -0.1) is 0 Å². The standard InChI is InChI=1S/C20H16N4O2/c1-14-11-18(25)19(23-24(14)17-5-3-2-4-6-17)20(26)22-13-16-9-7-15(12-21)8-10-16/h2-11H,13H2,1H3,(H,22,26). The van der Waals surface area contributed by atoms with E-state index >= 15 is 0 Å². The summed E-state index contributed by atoms with van der Waals surface area (Å²) in [5, 5.41) is 15.7. The van der Waals surface area contributed by atoms with Gasteiger partial charge in [0, 0.05) is 18.3 Å². The second kappa shape index (κ2) is 7.45. The fourth-order valence-corrected chi connectivity index (χ4v) is 2.50. The second-order valence-electron chi connectivity index (χ2n) is 5.74. The van der Waals surface area contributed by atoms with Crippen molar-refractivity contribution in [3.05, 3.63) is 93.4 Å². The molecule has 6 nitrogen and oxygen atoms in total. The van der Waals surface area contributed by atoms with E-state index in [1.807, 2.05) is 36.4 Å². The van der Waals surface area contributed by atoms with Crippen LogP contribution in [-0.4, -0.2) is 15.7 Å². The molecule has 3 rings (SSSR count). The van der Waals surface area contributed by atoms with Crippen molar-refractivity contribution in [3.63, 3.8) is 0 Å². The van der Waals surface area contributed by atoms with Crippen molar-refractivity contribution in [2.45, 2.75) is 13.5 Å². The van der Waals surface area contributed by atoms with Crippen LogP contribution in [-0.2, 0) is 6.54 Å². The number of carbonyl (C=O) groups excluding carboxylic acids is 1. The molecule has 1 aromatic heterocycles. The average Bonchev–Trinajstić information content (AvgIpc) is 2.67. The molecule has 3 aromatic rings. The fourth-order valence-electron chi connectivity index (χ4n) is 2.50. The summed E-state index contributed by atoms with van der Waals surface area (Å²) in [4.78, 5) is 24.6. The molecule has 1 amide bonds. The molecule has 6 heteroatoms. The van der Waals surface area contributed by atoms with Crippen LogP contribution >= 0.6 is 0 Å². The lowest BCUT2D eigenvalue weighted by Gasteiger charge is -2.11. The van der Waals surface area contributed by atoms with Gasteiger partial charge in [0.2, 0.25) is 5.43 Å². The number of amides is 1. The topological polar surface area (TPSA) is 87.8 Å². The normalized spacial score (nSPS) is 10.2. The van der Waals surface area contributed by atoms with Crippen LogP contribution in [0.2, 0.25) is 0 Å². The summed E-state index contributed by atoms with van der Waals surface area (Å²) in [6.07, 6.45) is 0. The van der Waals surface area contributed by atoms with E-state index in [0.717, 1.165) is 11.3 Å².